The summed E-state index contributed by atoms with van der Waals surface area (Å²) in [6.45, 7) is 1.84. The minimum absolute atomic E-state index is 0.279. The van der Waals surface area contributed by atoms with Crippen molar-refractivity contribution >= 4 is 27.5 Å². The molecule has 0 amide bonds. The van der Waals surface area contributed by atoms with E-state index in [1.807, 2.05) is 19.1 Å². The Bertz CT molecular complexity index is 566. The Morgan fingerprint density at radius 1 is 1.22 bits per heavy atom. The van der Waals surface area contributed by atoms with Gasteiger partial charge in [0.25, 0.3) is 0 Å². The number of rotatable bonds is 2. The fourth-order valence-corrected chi connectivity index (χ4v) is 2.55. The molecule has 2 aromatic rings. The van der Waals surface area contributed by atoms with Crippen LogP contribution < -0.4 is 5.73 Å². The minimum Gasteiger partial charge on any atom is -0.320 e. The Morgan fingerprint density at radius 2 is 1.94 bits per heavy atom. The van der Waals surface area contributed by atoms with E-state index in [1.54, 1.807) is 12.1 Å². The van der Waals surface area contributed by atoms with Crippen molar-refractivity contribution in [3.05, 3.63) is 68.4 Å². The first-order valence-corrected chi connectivity index (χ1v) is 6.62. The quantitative estimate of drug-likeness (QED) is 0.856. The molecule has 0 aromatic heterocycles. The first-order valence-electron chi connectivity index (χ1n) is 5.45. The minimum atomic E-state index is -0.410. The van der Waals surface area contributed by atoms with Gasteiger partial charge in [-0.25, -0.2) is 4.39 Å². The molecule has 2 aromatic carbocycles. The molecule has 1 unspecified atom stereocenters. The smallest absolute Gasteiger partial charge is 0.123 e. The topological polar surface area (TPSA) is 26.0 Å². The molecule has 0 aliphatic carbocycles. The van der Waals surface area contributed by atoms with Crippen molar-refractivity contribution in [2.24, 2.45) is 5.73 Å². The number of aryl methyl sites for hydroxylation is 1. The molecule has 2 rings (SSSR count). The zero-order chi connectivity index (χ0) is 13.3. The number of halogens is 3. The van der Waals surface area contributed by atoms with Crippen LogP contribution in [0.15, 0.2) is 40.9 Å². The molecule has 94 valence electrons. The van der Waals surface area contributed by atoms with Crippen LogP contribution in [-0.4, -0.2) is 0 Å². The van der Waals surface area contributed by atoms with Gasteiger partial charge in [-0.05, 0) is 53.9 Å². The predicted octanol–water partition coefficient (Wildman–Crippen LogP) is 4.60. The lowest BCUT2D eigenvalue weighted by Crippen LogP contribution is -2.13. The van der Waals surface area contributed by atoms with Crippen molar-refractivity contribution < 1.29 is 4.39 Å². The number of hydrogen-bond donors (Lipinski definition) is 1. The third-order valence-corrected chi connectivity index (χ3v) is 3.67. The second kappa shape index (κ2) is 5.39. The van der Waals surface area contributed by atoms with Crippen LogP contribution in [0.5, 0.6) is 0 Å². The number of nitrogens with two attached hydrogens (primary N) is 1. The van der Waals surface area contributed by atoms with E-state index in [1.165, 1.54) is 12.1 Å². The monoisotopic (exact) mass is 327 g/mol. The largest absolute Gasteiger partial charge is 0.320 e. The lowest BCUT2D eigenvalue weighted by Gasteiger charge is -2.15. The maximum absolute atomic E-state index is 13.4. The normalized spacial score (nSPS) is 12.5. The molecule has 0 radical (unpaired) electrons. The molecule has 18 heavy (non-hydrogen) atoms. The Hall–Kier alpha value is -0.900. The van der Waals surface area contributed by atoms with E-state index >= 15 is 0 Å². The van der Waals surface area contributed by atoms with Crippen LogP contribution >= 0.6 is 27.5 Å². The molecular weight excluding hydrogens is 317 g/mol. The predicted molar refractivity (Wildman–Crippen MR) is 76.3 cm³/mol. The lowest BCUT2D eigenvalue weighted by atomic mass is 9.98. The third kappa shape index (κ3) is 2.91. The van der Waals surface area contributed by atoms with Crippen LogP contribution in [0, 0.1) is 12.7 Å². The molecular formula is C14H12BrClFN. The summed E-state index contributed by atoms with van der Waals surface area (Å²) in [6.07, 6.45) is 0. The van der Waals surface area contributed by atoms with Gasteiger partial charge in [0, 0.05) is 9.50 Å². The maximum atomic E-state index is 13.4. The summed E-state index contributed by atoms with van der Waals surface area (Å²) in [6, 6.07) is 9.79. The van der Waals surface area contributed by atoms with Crippen molar-refractivity contribution in [1.82, 2.24) is 0 Å². The summed E-state index contributed by atoms with van der Waals surface area (Å²) in [4.78, 5) is 0. The van der Waals surface area contributed by atoms with Crippen LogP contribution in [-0.2, 0) is 0 Å². The third-order valence-electron chi connectivity index (χ3n) is 2.72. The molecule has 0 aliphatic rings. The first kappa shape index (κ1) is 13.5. The summed E-state index contributed by atoms with van der Waals surface area (Å²) in [5.41, 5.74) is 8.59. The molecule has 1 nitrogen and oxygen atoms in total. The number of benzene rings is 2. The Balaban J connectivity index is 2.47. The first-order chi connectivity index (χ1) is 8.47. The van der Waals surface area contributed by atoms with Crippen LogP contribution in [0.2, 0.25) is 5.02 Å². The Labute approximate surface area is 119 Å². The summed E-state index contributed by atoms with van der Waals surface area (Å²) < 4.78 is 14.3. The van der Waals surface area contributed by atoms with Gasteiger partial charge in [0.1, 0.15) is 5.82 Å². The summed E-state index contributed by atoms with van der Waals surface area (Å²) in [5.74, 6) is -0.279. The Kier molecular flexibility index (Phi) is 4.05. The van der Waals surface area contributed by atoms with Gasteiger partial charge in [-0.2, -0.15) is 0 Å². The van der Waals surface area contributed by atoms with E-state index in [4.69, 9.17) is 17.3 Å². The van der Waals surface area contributed by atoms with E-state index in [9.17, 15) is 4.39 Å². The molecule has 0 spiro atoms. The average molecular weight is 329 g/mol. The number of hydrogen-bond acceptors (Lipinski definition) is 1. The van der Waals surface area contributed by atoms with Crippen molar-refractivity contribution in [3.8, 4) is 0 Å². The molecule has 0 heterocycles. The fraction of sp³-hybridized carbons (Fsp3) is 0.143. The van der Waals surface area contributed by atoms with Gasteiger partial charge in [0.05, 0.1) is 6.04 Å². The molecule has 0 saturated carbocycles. The molecule has 0 bridgehead atoms. The zero-order valence-corrected chi connectivity index (χ0v) is 12.1. The van der Waals surface area contributed by atoms with Gasteiger partial charge < -0.3 is 5.73 Å². The summed E-state index contributed by atoms with van der Waals surface area (Å²) in [5, 5.41) is 0.608. The van der Waals surface area contributed by atoms with Crippen LogP contribution in [0.25, 0.3) is 0 Å². The fourth-order valence-electron chi connectivity index (χ4n) is 1.88. The highest BCUT2D eigenvalue weighted by Gasteiger charge is 2.14. The highest BCUT2D eigenvalue weighted by Crippen LogP contribution is 2.30. The van der Waals surface area contributed by atoms with Gasteiger partial charge in [-0.15, -0.1) is 0 Å². The van der Waals surface area contributed by atoms with Crippen molar-refractivity contribution in [2.75, 3.05) is 0 Å². The lowest BCUT2D eigenvalue weighted by molar-refractivity contribution is 0.622. The van der Waals surface area contributed by atoms with E-state index in [-0.39, 0.29) is 5.82 Å². The van der Waals surface area contributed by atoms with Gasteiger partial charge in [0.15, 0.2) is 0 Å². The van der Waals surface area contributed by atoms with Crippen LogP contribution in [0.3, 0.4) is 0 Å². The van der Waals surface area contributed by atoms with E-state index in [0.717, 1.165) is 21.2 Å². The highest BCUT2D eigenvalue weighted by molar-refractivity contribution is 9.10. The molecule has 0 aliphatic heterocycles. The van der Waals surface area contributed by atoms with E-state index < -0.39 is 6.04 Å². The standard InChI is InChI=1S/C14H12BrClFN/c1-8-4-9(6-11(17)5-8)14(18)12-7-10(16)2-3-13(12)15/h2-7,14H,18H2,1H3. The van der Waals surface area contributed by atoms with Crippen LogP contribution in [0.1, 0.15) is 22.7 Å². The zero-order valence-electron chi connectivity index (χ0n) is 9.75. The molecule has 1 atom stereocenters. The van der Waals surface area contributed by atoms with E-state index in [2.05, 4.69) is 15.9 Å². The molecule has 0 fully saturated rings. The van der Waals surface area contributed by atoms with Crippen LogP contribution in [0.4, 0.5) is 4.39 Å². The second-order valence-electron chi connectivity index (χ2n) is 4.21. The highest BCUT2D eigenvalue weighted by atomic mass is 79.9. The van der Waals surface area contributed by atoms with Gasteiger partial charge in [0.2, 0.25) is 0 Å². The summed E-state index contributed by atoms with van der Waals surface area (Å²) >= 11 is 9.39. The van der Waals surface area contributed by atoms with Crippen molar-refractivity contribution in [2.45, 2.75) is 13.0 Å². The molecule has 4 heteroatoms. The second-order valence-corrected chi connectivity index (χ2v) is 5.50. The van der Waals surface area contributed by atoms with E-state index in [0.29, 0.717) is 5.02 Å². The van der Waals surface area contributed by atoms with Crippen molar-refractivity contribution in [3.63, 3.8) is 0 Å². The van der Waals surface area contributed by atoms with Gasteiger partial charge >= 0.3 is 0 Å². The SMILES string of the molecule is Cc1cc(F)cc(C(N)c2cc(Cl)ccc2Br)c1. The van der Waals surface area contributed by atoms with Gasteiger partial charge in [-0.1, -0.05) is 33.6 Å². The molecule has 0 saturated heterocycles. The van der Waals surface area contributed by atoms with Crippen molar-refractivity contribution in [1.29, 1.82) is 0 Å². The average Bonchev–Trinajstić information content (AvgIpc) is 2.30. The van der Waals surface area contributed by atoms with Gasteiger partial charge in [-0.3, -0.25) is 0 Å². The summed E-state index contributed by atoms with van der Waals surface area (Å²) in [7, 11) is 0. The molecule has 2 N–H and O–H groups in total. The maximum Gasteiger partial charge on any atom is 0.123 e. The Morgan fingerprint density at radius 3 is 2.61 bits per heavy atom.